The standard InChI is InChI=1S/C12H21NO3/c1-9-5-4-6-10(2)13(9)16-12(15)8-7-11(3)14/h9-10H,4-8H2,1-3H3. The first-order chi connectivity index (χ1) is 7.50. The molecule has 4 heteroatoms. The molecule has 0 aromatic carbocycles. The Morgan fingerprint density at radius 1 is 1.19 bits per heavy atom. The van der Waals surface area contributed by atoms with Crippen LogP contribution < -0.4 is 0 Å². The van der Waals surface area contributed by atoms with Crippen molar-refractivity contribution in [1.29, 1.82) is 0 Å². The van der Waals surface area contributed by atoms with E-state index in [4.69, 9.17) is 4.84 Å². The first kappa shape index (κ1) is 13.2. The van der Waals surface area contributed by atoms with E-state index in [1.54, 1.807) is 5.06 Å². The Kier molecular flexibility index (Phi) is 4.93. The largest absolute Gasteiger partial charge is 0.367 e. The van der Waals surface area contributed by atoms with Crippen molar-refractivity contribution < 1.29 is 14.4 Å². The smallest absolute Gasteiger partial charge is 0.325 e. The minimum atomic E-state index is -0.296. The molecule has 92 valence electrons. The molecule has 1 aliphatic heterocycles. The fourth-order valence-electron chi connectivity index (χ4n) is 2.02. The van der Waals surface area contributed by atoms with Crippen molar-refractivity contribution in [2.75, 3.05) is 0 Å². The van der Waals surface area contributed by atoms with E-state index in [0.717, 1.165) is 12.8 Å². The molecule has 0 amide bonds. The van der Waals surface area contributed by atoms with Crippen LogP contribution in [-0.4, -0.2) is 28.9 Å². The normalized spacial score (nSPS) is 26.4. The van der Waals surface area contributed by atoms with Crippen molar-refractivity contribution in [3.8, 4) is 0 Å². The van der Waals surface area contributed by atoms with Gasteiger partial charge in [0.2, 0.25) is 0 Å². The van der Waals surface area contributed by atoms with Gasteiger partial charge in [-0.15, -0.1) is 5.06 Å². The second-order valence-electron chi connectivity index (χ2n) is 4.65. The van der Waals surface area contributed by atoms with Crippen LogP contribution in [0.3, 0.4) is 0 Å². The van der Waals surface area contributed by atoms with E-state index in [-0.39, 0.29) is 36.7 Å². The van der Waals surface area contributed by atoms with E-state index in [1.807, 2.05) is 0 Å². The Balaban J connectivity index is 2.39. The molecule has 0 spiro atoms. The van der Waals surface area contributed by atoms with Gasteiger partial charge in [-0.2, -0.15) is 0 Å². The molecule has 0 radical (unpaired) electrons. The third-order valence-electron chi connectivity index (χ3n) is 3.00. The molecule has 16 heavy (non-hydrogen) atoms. The van der Waals surface area contributed by atoms with Gasteiger partial charge in [0.05, 0.1) is 6.42 Å². The minimum Gasteiger partial charge on any atom is -0.367 e. The van der Waals surface area contributed by atoms with E-state index in [0.29, 0.717) is 0 Å². The minimum absolute atomic E-state index is 0.0247. The van der Waals surface area contributed by atoms with Gasteiger partial charge >= 0.3 is 5.97 Å². The van der Waals surface area contributed by atoms with Crippen molar-refractivity contribution in [3.63, 3.8) is 0 Å². The van der Waals surface area contributed by atoms with Gasteiger partial charge in [0, 0.05) is 18.5 Å². The summed E-state index contributed by atoms with van der Waals surface area (Å²) in [4.78, 5) is 27.5. The number of hydroxylamine groups is 2. The van der Waals surface area contributed by atoms with E-state index < -0.39 is 0 Å². The van der Waals surface area contributed by atoms with Gasteiger partial charge in [-0.3, -0.25) is 4.79 Å². The highest BCUT2D eigenvalue weighted by Gasteiger charge is 2.28. The molecule has 0 saturated carbocycles. The molecular weight excluding hydrogens is 206 g/mol. The molecule has 1 fully saturated rings. The maximum absolute atomic E-state index is 11.5. The molecule has 0 N–H and O–H groups in total. The number of nitrogens with zero attached hydrogens (tertiary/aromatic N) is 1. The number of ketones is 1. The van der Waals surface area contributed by atoms with Gasteiger partial charge in [-0.25, -0.2) is 0 Å². The SMILES string of the molecule is CC(=O)CCC(=O)ON1C(C)CCCC1C. The Morgan fingerprint density at radius 3 is 2.25 bits per heavy atom. The lowest BCUT2D eigenvalue weighted by Crippen LogP contribution is -2.44. The molecular formula is C12H21NO3. The van der Waals surface area contributed by atoms with E-state index in [9.17, 15) is 9.59 Å². The number of rotatable bonds is 4. The topological polar surface area (TPSA) is 46.6 Å². The van der Waals surface area contributed by atoms with Crippen LogP contribution in [-0.2, 0) is 14.4 Å². The van der Waals surface area contributed by atoms with E-state index in [1.165, 1.54) is 13.3 Å². The highest BCUT2D eigenvalue weighted by atomic mass is 16.7. The number of hydrogen-bond acceptors (Lipinski definition) is 4. The Bertz CT molecular complexity index is 255. The second kappa shape index (κ2) is 5.99. The summed E-state index contributed by atoms with van der Waals surface area (Å²) in [5.74, 6) is -0.271. The summed E-state index contributed by atoms with van der Waals surface area (Å²) < 4.78 is 0. The summed E-state index contributed by atoms with van der Waals surface area (Å²) in [6, 6.07) is 0.565. The van der Waals surface area contributed by atoms with Crippen molar-refractivity contribution in [1.82, 2.24) is 5.06 Å². The summed E-state index contributed by atoms with van der Waals surface area (Å²) in [6.45, 7) is 5.61. The van der Waals surface area contributed by atoms with Crippen LogP contribution in [0.5, 0.6) is 0 Å². The van der Waals surface area contributed by atoms with Crippen molar-refractivity contribution in [2.45, 2.75) is 65.0 Å². The summed E-state index contributed by atoms with van der Waals surface area (Å²) in [7, 11) is 0. The highest BCUT2D eigenvalue weighted by molar-refractivity contribution is 5.80. The summed E-state index contributed by atoms with van der Waals surface area (Å²) >= 11 is 0. The zero-order valence-electron chi connectivity index (χ0n) is 10.4. The van der Waals surface area contributed by atoms with Crippen molar-refractivity contribution in [3.05, 3.63) is 0 Å². The zero-order chi connectivity index (χ0) is 12.1. The van der Waals surface area contributed by atoms with Gasteiger partial charge < -0.3 is 9.63 Å². The molecule has 1 rings (SSSR count). The molecule has 0 aromatic heterocycles. The predicted octanol–water partition coefficient (Wildman–Crippen LogP) is 2.08. The summed E-state index contributed by atoms with van der Waals surface area (Å²) in [5, 5.41) is 1.78. The van der Waals surface area contributed by atoms with Crippen LogP contribution in [0, 0.1) is 0 Å². The Labute approximate surface area is 96.9 Å². The number of hydrogen-bond donors (Lipinski definition) is 0. The maximum Gasteiger partial charge on any atom is 0.325 e. The molecule has 1 heterocycles. The quantitative estimate of drug-likeness (QED) is 0.737. The lowest BCUT2D eigenvalue weighted by atomic mass is 10.0. The molecule has 2 unspecified atom stereocenters. The van der Waals surface area contributed by atoms with Crippen molar-refractivity contribution >= 4 is 11.8 Å². The predicted molar refractivity (Wildman–Crippen MR) is 60.6 cm³/mol. The van der Waals surface area contributed by atoms with Gasteiger partial charge in [0.25, 0.3) is 0 Å². The number of Topliss-reactive ketones (excluding diaryl/α,β-unsaturated/α-hetero) is 1. The molecule has 0 aromatic rings. The Morgan fingerprint density at radius 2 is 1.75 bits per heavy atom. The van der Waals surface area contributed by atoms with Crippen LogP contribution in [0.15, 0.2) is 0 Å². The highest BCUT2D eigenvalue weighted by Crippen LogP contribution is 2.22. The molecule has 2 atom stereocenters. The first-order valence-corrected chi connectivity index (χ1v) is 5.99. The number of carbonyl (C=O) groups excluding carboxylic acids is 2. The second-order valence-corrected chi connectivity index (χ2v) is 4.65. The zero-order valence-corrected chi connectivity index (χ0v) is 10.4. The van der Waals surface area contributed by atoms with Gasteiger partial charge in [0.1, 0.15) is 5.78 Å². The number of carbonyl (C=O) groups is 2. The van der Waals surface area contributed by atoms with Gasteiger partial charge in [0.15, 0.2) is 0 Å². The molecule has 0 bridgehead atoms. The van der Waals surface area contributed by atoms with Crippen molar-refractivity contribution in [2.24, 2.45) is 0 Å². The van der Waals surface area contributed by atoms with Crippen LogP contribution in [0.1, 0.15) is 52.9 Å². The fraction of sp³-hybridized carbons (Fsp3) is 0.833. The van der Waals surface area contributed by atoms with Gasteiger partial charge in [-0.05, 0) is 33.6 Å². The molecule has 0 aliphatic carbocycles. The van der Waals surface area contributed by atoms with E-state index in [2.05, 4.69) is 13.8 Å². The average molecular weight is 227 g/mol. The molecule has 1 aliphatic rings. The van der Waals surface area contributed by atoms with Crippen LogP contribution in [0.4, 0.5) is 0 Å². The monoisotopic (exact) mass is 227 g/mol. The number of piperidine rings is 1. The molecule has 4 nitrogen and oxygen atoms in total. The third-order valence-corrected chi connectivity index (χ3v) is 3.00. The fourth-order valence-corrected chi connectivity index (χ4v) is 2.02. The molecule has 1 saturated heterocycles. The Hall–Kier alpha value is -0.900. The van der Waals surface area contributed by atoms with Crippen LogP contribution in [0.25, 0.3) is 0 Å². The van der Waals surface area contributed by atoms with Gasteiger partial charge in [-0.1, -0.05) is 6.42 Å². The average Bonchev–Trinajstić information content (AvgIpc) is 2.21. The lowest BCUT2D eigenvalue weighted by molar-refractivity contribution is -0.220. The van der Waals surface area contributed by atoms with E-state index >= 15 is 0 Å². The maximum atomic E-state index is 11.5. The first-order valence-electron chi connectivity index (χ1n) is 5.99. The van der Waals surface area contributed by atoms with Crippen LogP contribution in [0.2, 0.25) is 0 Å². The van der Waals surface area contributed by atoms with Crippen LogP contribution >= 0.6 is 0 Å². The summed E-state index contributed by atoms with van der Waals surface area (Å²) in [5.41, 5.74) is 0. The third kappa shape index (κ3) is 3.93. The lowest BCUT2D eigenvalue weighted by Gasteiger charge is -2.36. The summed E-state index contributed by atoms with van der Waals surface area (Å²) in [6.07, 6.45) is 3.76.